The van der Waals surface area contributed by atoms with Crippen molar-refractivity contribution in [3.8, 4) is 0 Å². The zero-order valence-electron chi connectivity index (χ0n) is 17.9. The Morgan fingerprint density at radius 2 is 2.07 bits per heavy atom. The average Bonchev–Trinajstić information content (AvgIpc) is 3.18. The van der Waals surface area contributed by atoms with Crippen LogP contribution in [0, 0.1) is 17.8 Å². The van der Waals surface area contributed by atoms with E-state index in [0.717, 1.165) is 64.3 Å². The Bertz CT molecular complexity index is 528. The van der Waals surface area contributed by atoms with E-state index in [-0.39, 0.29) is 24.0 Å². The number of carbonyl (C=O) groups is 1. The number of fused-ring (bicyclic) bond motifs is 1. The Morgan fingerprint density at radius 1 is 1.25 bits per heavy atom. The molecule has 1 saturated carbocycles. The molecule has 0 bridgehead atoms. The SMILES string of the molecule is CCCCC[C@H](O)C=C[C@@H]1[C@H]2CC(CCCCC(=O)NCCC)=C[C@H]2C[C@H]1O. The fourth-order valence-corrected chi connectivity index (χ4v) is 4.74. The normalized spacial score (nSPS) is 27.8. The summed E-state index contributed by atoms with van der Waals surface area (Å²) in [5, 5.41) is 23.5. The molecule has 0 unspecified atom stereocenters. The van der Waals surface area contributed by atoms with Gasteiger partial charge in [-0.05, 0) is 56.8 Å². The molecule has 0 radical (unpaired) electrons. The van der Waals surface area contributed by atoms with Crippen molar-refractivity contribution in [2.24, 2.45) is 17.8 Å². The fraction of sp³-hybridized carbons (Fsp3) is 0.792. The number of amides is 1. The van der Waals surface area contributed by atoms with Crippen molar-refractivity contribution in [2.75, 3.05) is 6.54 Å². The lowest BCUT2D eigenvalue weighted by atomic mass is 9.88. The van der Waals surface area contributed by atoms with E-state index in [1.165, 1.54) is 12.0 Å². The van der Waals surface area contributed by atoms with Gasteiger partial charge < -0.3 is 15.5 Å². The molecule has 2 aliphatic rings. The Hall–Kier alpha value is -1.13. The zero-order valence-corrected chi connectivity index (χ0v) is 17.9. The van der Waals surface area contributed by atoms with Crippen molar-refractivity contribution >= 4 is 5.91 Å². The Balaban J connectivity index is 1.72. The van der Waals surface area contributed by atoms with Gasteiger partial charge in [0.2, 0.25) is 5.91 Å². The summed E-state index contributed by atoms with van der Waals surface area (Å²) in [6, 6.07) is 0. The maximum absolute atomic E-state index is 11.7. The highest BCUT2D eigenvalue weighted by atomic mass is 16.3. The summed E-state index contributed by atoms with van der Waals surface area (Å²) in [6.45, 7) is 5.01. The number of carbonyl (C=O) groups excluding carboxylic acids is 1. The van der Waals surface area contributed by atoms with Crippen molar-refractivity contribution in [1.82, 2.24) is 5.32 Å². The third-order valence-electron chi connectivity index (χ3n) is 6.33. The van der Waals surface area contributed by atoms with Gasteiger partial charge in [-0.15, -0.1) is 0 Å². The number of allylic oxidation sites excluding steroid dienone is 2. The number of unbranched alkanes of at least 4 members (excludes halogenated alkanes) is 3. The molecule has 0 aromatic carbocycles. The second-order valence-corrected chi connectivity index (χ2v) is 8.74. The Morgan fingerprint density at radius 3 is 2.82 bits per heavy atom. The van der Waals surface area contributed by atoms with E-state index in [4.69, 9.17) is 0 Å². The van der Waals surface area contributed by atoms with Crippen LogP contribution in [0.25, 0.3) is 0 Å². The molecule has 0 heterocycles. The molecule has 3 N–H and O–H groups in total. The van der Waals surface area contributed by atoms with Crippen LogP contribution >= 0.6 is 0 Å². The quantitative estimate of drug-likeness (QED) is 0.319. The summed E-state index contributed by atoms with van der Waals surface area (Å²) >= 11 is 0. The van der Waals surface area contributed by atoms with Crippen molar-refractivity contribution in [3.63, 3.8) is 0 Å². The second-order valence-electron chi connectivity index (χ2n) is 8.74. The van der Waals surface area contributed by atoms with Crippen LogP contribution in [0.15, 0.2) is 23.8 Å². The second kappa shape index (κ2) is 12.4. The minimum absolute atomic E-state index is 0.166. The molecule has 0 aliphatic heterocycles. The van der Waals surface area contributed by atoms with Gasteiger partial charge in [-0.25, -0.2) is 0 Å². The van der Waals surface area contributed by atoms with Gasteiger partial charge in [-0.2, -0.15) is 0 Å². The summed E-state index contributed by atoms with van der Waals surface area (Å²) in [5.74, 6) is 1.30. The minimum Gasteiger partial charge on any atom is -0.392 e. The highest BCUT2D eigenvalue weighted by molar-refractivity contribution is 5.75. The molecule has 0 saturated heterocycles. The largest absolute Gasteiger partial charge is 0.392 e. The lowest BCUT2D eigenvalue weighted by Gasteiger charge is -2.19. The van der Waals surface area contributed by atoms with Gasteiger partial charge in [0.1, 0.15) is 0 Å². The van der Waals surface area contributed by atoms with Crippen molar-refractivity contribution in [3.05, 3.63) is 23.8 Å². The molecule has 160 valence electrons. The zero-order chi connectivity index (χ0) is 20.4. The van der Waals surface area contributed by atoms with Crippen LogP contribution in [0.2, 0.25) is 0 Å². The van der Waals surface area contributed by atoms with Gasteiger partial charge in [0, 0.05) is 18.9 Å². The van der Waals surface area contributed by atoms with Gasteiger partial charge >= 0.3 is 0 Å². The summed E-state index contributed by atoms with van der Waals surface area (Å²) in [4.78, 5) is 11.7. The predicted molar refractivity (Wildman–Crippen MR) is 115 cm³/mol. The third-order valence-corrected chi connectivity index (χ3v) is 6.33. The lowest BCUT2D eigenvalue weighted by molar-refractivity contribution is -0.121. The van der Waals surface area contributed by atoms with E-state index in [1.54, 1.807) is 0 Å². The first-order chi connectivity index (χ1) is 13.5. The molecule has 0 aromatic rings. The Labute approximate surface area is 171 Å². The van der Waals surface area contributed by atoms with E-state index in [9.17, 15) is 15.0 Å². The molecule has 2 rings (SSSR count). The number of rotatable bonds is 13. The summed E-state index contributed by atoms with van der Waals surface area (Å²) in [6.07, 6.45) is 16.5. The minimum atomic E-state index is -0.384. The molecule has 4 nitrogen and oxygen atoms in total. The molecule has 4 heteroatoms. The molecular formula is C24H41NO3. The number of aliphatic hydroxyl groups is 2. The van der Waals surface area contributed by atoms with E-state index in [0.29, 0.717) is 18.3 Å². The van der Waals surface area contributed by atoms with Crippen molar-refractivity contribution in [2.45, 2.75) is 96.7 Å². The lowest BCUT2D eigenvalue weighted by Crippen LogP contribution is -2.23. The number of aliphatic hydroxyl groups excluding tert-OH is 2. The maximum atomic E-state index is 11.7. The monoisotopic (exact) mass is 391 g/mol. The number of nitrogens with one attached hydrogen (secondary N) is 1. The molecule has 1 fully saturated rings. The van der Waals surface area contributed by atoms with Crippen LogP contribution in [0.1, 0.15) is 84.5 Å². The third kappa shape index (κ3) is 7.36. The average molecular weight is 392 g/mol. The molecule has 0 aromatic heterocycles. The van der Waals surface area contributed by atoms with Crippen LogP contribution < -0.4 is 5.32 Å². The first-order valence-corrected chi connectivity index (χ1v) is 11.6. The van der Waals surface area contributed by atoms with Crippen LogP contribution in [0.4, 0.5) is 0 Å². The van der Waals surface area contributed by atoms with Gasteiger partial charge in [0.05, 0.1) is 12.2 Å². The number of hydrogen-bond acceptors (Lipinski definition) is 3. The Kier molecular flexibility index (Phi) is 10.3. The standard InChI is InChI=1S/C24H41NO3/c1-3-5-6-10-20(26)12-13-21-22-16-18(15-19(22)17-23(21)27)9-7-8-11-24(28)25-14-4-2/h12-13,15,19-23,26-27H,3-11,14,16-17H2,1-2H3,(H,25,28)/t19-,20-,21+,22-,23+/m0/s1. The van der Waals surface area contributed by atoms with E-state index >= 15 is 0 Å². The molecule has 2 aliphatic carbocycles. The van der Waals surface area contributed by atoms with Gasteiger partial charge in [0.25, 0.3) is 0 Å². The van der Waals surface area contributed by atoms with Crippen LogP contribution in [0.3, 0.4) is 0 Å². The van der Waals surface area contributed by atoms with Crippen LogP contribution in [-0.4, -0.2) is 34.9 Å². The molecular weight excluding hydrogens is 350 g/mol. The summed E-state index contributed by atoms with van der Waals surface area (Å²) < 4.78 is 0. The number of hydrogen-bond donors (Lipinski definition) is 3. The topological polar surface area (TPSA) is 69.6 Å². The molecule has 0 spiro atoms. The predicted octanol–water partition coefficient (Wildman–Crippen LogP) is 4.51. The smallest absolute Gasteiger partial charge is 0.219 e. The van der Waals surface area contributed by atoms with Gasteiger partial charge in [0.15, 0.2) is 0 Å². The van der Waals surface area contributed by atoms with Gasteiger partial charge in [-0.1, -0.05) is 56.9 Å². The van der Waals surface area contributed by atoms with E-state index < -0.39 is 0 Å². The first kappa shape index (κ1) is 23.2. The van der Waals surface area contributed by atoms with Crippen molar-refractivity contribution in [1.29, 1.82) is 0 Å². The van der Waals surface area contributed by atoms with Crippen LogP contribution in [0.5, 0.6) is 0 Å². The van der Waals surface area contributed by atoms with Gasteiger partial charge in [-0.3, -0.25) is 4.79 Å². The van der Waals surface area contributed by atoms with E-state index in [2.05, 4.69) is 31.3 Å². The van der Waals surface area contributed by atoms with Crippen molar-refractivity contribution < 1.29 is 15.0 Å². The van der Waals surface area contributed by atoms with Crippen LogP contribution in [-0.2, 0) is 4.79 Å². The highest BCUT2D eigenvalue weighted by Gasteiger charge is 2.43. The maximum Gasteiger partial charge on any atom is 0.219 e. The fourth-order valence-electron chi connectivity index (χ4n) is 4.74. The summed E-state index contributed by atoms with van der Waals surface area (Å²) in [7, 11) is 0. The highest BCUT2D eigenvalue weighted by Crippen LogP contribution is 2.48. The molecule has 28 heavy (non-hydrogen) atoms. The summed E-state index contributed by atoms with van der Waals surface area (Å²) in [5.41, 5.74) is 1.50. The molecule has 1 amide bonds. The van der Waals surface area contributed by atoms with E-state index in [1.807, 2.05) is 6.08 Å². The molecule has 5 atom stereocenters. The first-order valence-electron chi connectivity index (χ1n) is 11.6.